The first-order chi connectivity index (χ1) is 9.11. The molecule has 1 aliphatic rings. The van der Waals surface area contributed by atoms with Crippen molar-refractivity contribution in [2.75, 3.05) is 24.5 Å². The van der Waals surface area contributed by atoms with Gasteiger partial charge in [-0.15, -0.1) is 0 Å². The van der Waals surface area contributed by atoms with Crippen molar-refractivity contribution in [2.24, 2.45) is 11.8 Å². The molecule has 1 fully saturated rings. The zero-order chi connectivity index (χ0) is 13.8. The average molecular weight is 325 g/mol. The lowest BCUT2D eigenvalue weighted by molar-refractivity contribution is 0.423. The number of anilines is 1. The Balaban J connectivity index is 2.05. The van der Waals surface area contributed by atoms with E-state index >= 15 is 0 Å². The van der Waals surface area contributed by atoms with E-state index in [1.165, 1.54) is 35.2 Å². The number of nitrogens with zero attached hydrogens (tertiary/aromatic N) is 1. The number of hydrogen-bond donors (Lipinski definition) is 1. The van der Waals surface area contributed by atoms with Crippen LogP contribution in [0.1, 0.15) is 32.8 Å². The van der Waals surface area contributed by atoms with Gasteiger partial charge in [-0.05, 0) is 58.4 Å². The van der Waals surface area contributed by atoms with E-state index in [4.69, 9.17) is 0 Å². The highest BCUT2D eigenvalue weighted by atomic mass is 79.9. The second-order valence-corrected chi connectivity index (χ2v) is 6.66. The average Bonchev–Trinajstić information content (AvgIpc) is 2.86. The zero-order valence-corrected chi connectivity index (χ0v) is 13.8. The number of nitrogens with one attached hydrogen (secondary N) is 1. The summed E-state index contributed by atoms with van der Waals surface area (Å²) in [5.74, 6) is 1.63. The Morgan fingerprint density at radius 2 is 2.21 bits per heavy atom. The Morgan fingerprint density at radius 3 is 2.79 bits per heavy atom. The number of benzene rings is 1. The molecule has 1 N–H and O–H groups in total. The summed E-state index contributed by atoms with van der Waals surface area (Å²) in [7, 11) is 0. The van der Waals surface area contributed by atoms with Crippen molar-refractivity contribution in [2.45, 2.75) is 33.7 Å². The SMILES string of the molecule is CCNCc1ccc(N2CCC(C(C)C)C2)c(Br)c1. The summed E-state index contributed by atoms with van der Waals surface area (Å²) in [4.78, 5) is 2.52. The zero-order valence-electron chi connectivity index (χ0n) is 12.2. The maximum absolute atomic E-state index is 3.74. The molecule has 1 atom stereocenters. The van der Waals surface area contributed by atoms with Crippen LogP contribution < -0.4 is 10.2 Å². The van der Waals surface area contributed by atoms with Crippen molar-refractivity contribution in [3.63, 3.8) is 0 Å². The third-order valence-corrected chi connectivity index (χ3v) is 4.73. The Kier molecular flexibility index (Phi) is 5.28. The topological polar surface area (TPSA) is 15.3 Å². The van der Waals surface area contributed by atoms with Crippen LogP contribution in [0.25, 0.3) is 0 Å². The van der Waals surface area contributed by atoms with E-state index in [9.17, 15) is 0 Å². The molecule has 1 unspecified atom stereocenters. The van der Waals surface area contributed by atoms with Gasteiger partial charge in [0.05, 0.1) is 5.69 Å². The van der Waals surface area contributed by atoms with Crippen LogP contribution >= 0.6 is 15.9 Å². The molecule has 19 heavy (non-hydrogen) atoms. The van der Waals surface area contributed by atoms with Gasteiger partial charge in [-0.25, -0.2) is 0 Å². The van der Waals surface area contributed by atoms with E-state index in [0.29, 0.717) is 0 Å². The summed E-state index contributed by atoms with van der Waals surface area (Å²) in [6.45, 7) is 11.2. The van der Waals surface area contributed by atoms with Gasteiger partial charge in [0.1, 0.15) is 0 Å². The Morgan fingerprint density at radius 1 is 1.42 bits per heavy atom. The fraction of sp³-hybridized carbons (Fsp3) is 0.625. The highest BCUT2D eigenvalue weighted by Crippen LogP contribution is 2.33. The number of rotatable bonds is 5. The predicted molar refractivity (Wildman–Crippen MR) is 86.7 cm³/mol. The highest BCUT2D eigenvalue weighted by molar-refractivity contribution is 9.10. The van der Waals surface area contributed by atoms with Crippen molar-refractivity contribution >= 4 is 21.6 Å². The molecule has 2 nitrogen and oxygen atoms in total. The summed E-state index contributed by atoms with van der Waals surface area (Å²) in [5, 5.41) is 3.37. The highest BCUT2D eigenvalue weighted by Gasteiger charge is 2.25. The molecule has 0 saturated carbocycles. The van der Waals surface area contributed by atoms with Crippen LogP contribution in [-0.2, 0) is 6.54 Å². The van der Waals surface area contributed by atoms with Crippen LogP contribution in [0.15, 0.2) is 22.7 Å². The van der Waals surface area contributed by atoms with Gasteiger partial charge in [0.15, 0.2) is 0 Å². The van der Waals surface area contributed by atoms with E-state index in [1.54, 1.807) is 0 Å². The summed E-state index contributed by atoms with van der Waals surface area (Å²) in [5.41, 5.74) is 2.69. The Labute approximate surface area is 125 Å². The van der Waals surface area contributed by atoms with Gasteiger partial charge >= 0.3 is 0 Å². The normalized spacial score (nSPS) is 19.4. The molecule has 1 aromatic carbocycles. The summed E-state index contributed by atoms with van der Waals surface area (Å²) in [6, 6.07) is 6.76. The van der Waals surface area contributed by atoms with E-state index in [0.717, 1.165) is 24.9 Å². The third-order valence-electron chi connectivity index (χ3n) is 4.10. The fourth-order valence-corrected chi connectivity index (χ4v) is 3.41. The molecule has 1 aliphatic heterocycles. The van der Waals surface area contributed by atoms with Crippen molar-refractivity contribution < 1.29 is 0 Å². The lowest BCUT2D eigenvalue weighted by atomic mass is 9.95. The van der Waals surface area contributed by atoms with Gasteiger partial charge in [-0.2, -0.15) is 0 Å². The smallest absolute Gasteiger partial charge is 0.0510 e. The quantitative estimate of drug-likeness (QED) is 0.879. The molecule has 3 heteroatoms. The van der Waals surface area contributed by atoms with E-state index in [-0.39, 0.29) is 0 Å². The van der Waals surface area contributed by atoms with Crippen molar-refractivity contribution in [3.8, 4) is 0 Å². The van der Waals surface area contributed by atoms with Gasteiger partial charge in [0.25, 0.3) is 0 Å². The second-order valence-electron chi connectivity index (χ2n) is 5.80. The van der Waals surface area contributed by atoms with Crippen LogP contribution in [0.3, 0.4) is 0 Å². The predicted octanol–water partition coefficient (Wildman–Crippen LogP) is 4.04. The maximum Gasteiger partial charge on any atom is 0.0510 e. The third kappa shape index (κ3) is 3.73. The van der Waals surface area contributed by atoms with Gasteiger partial charge < -0.3 is 10.2 Å². The first-order valence-electron chi connectivity index (χ1n) is 7.36. The van der Waals surface area contributed by atoms with E-state index in [1.807, 2.05) is 0 Å². The molecule has 0 spiro atoms. The Bertz CT molecular complexity index is 417. The summed E-state index contributed by atoms with van der Waals surface area (Å²) in [6.07, 6.45) is 1.32. The number of halogens is 1. The monoisotopic (exact) mass is 324 g/mol. The minimum atomic E-state index is 0.789. The van der Waals surface area contributed by atoms with Crippen molar-refractivity contribution in [1.29, 1.82) is 0 Å². The molecular formula is C16H25BrN2. The molecule has 2 rings (SSSR count). The van der Waals surface area contributed by atoms with Gasteiger partial charge in [0, 0.05) is 24.1 Å². The molecule has 106 valence electrons. The molecule has 0 aromatic heterocycles. The second kappa shape index (κ2) is 6.76. The van der Waals surface area contributed by atoms with Crippen molar-refractivity contribution in [1.82, 2.24) is 5.32 Å². The molecule has 1 heterocycles. The minimum absolute atomic E-state index is 0.789. The molecule has 1 aromatic rings. The standard InChI is InChI=1S/C16H25BrN2/c1-4-18-10-13-5-6-16(15(17)9-13)19-8-7-14(11-19)12(2)3/h5-6,9,12,14,18H,4,7-8,10-11H2,1-3H3. The summed E-state index contributed by atoms with van der Waals surface area (Å²) >= 11 is 3.74. The first-order valence-corrected chi connectivity index (χ1v) is 8.15. The lowest BCUT2D eigenvalue weighted by Crippen LogP contribution is -2.21. The molecule has 0 aliphatic carbocycles. The van der Waals surface area contributed by atoms with E-state index in [2.05, 4.69) is 65.1 Å². The molecule has 1 saturated heterocycles. The van der Waals surface area contributed by atoms with Crippen LogP contribution in [0.5, 0.6) is 0 Å². The molecule has 0 radical (unpaired) electrons. The fourth-order valence-electron chi connectivity index (χ4n) is 2.74. The molecule has 0 amide bonds. The minimum Gasteiger partial charge on any atom is -0.370 e. The largest absolute Gasteiger partial charge is 0.370 e. The van der Waals surface area contributed by atoms with Gasteiger partial charge in [-0.1, -0.05) is 26.8 Å². The molecule has 0 bridgehead atoms. The molecular weight excluding hydrogens is 300 g/mol. The van der Waals surface area contributed by atoms with Crippen LogP contribution in [-0.4, -0.2) is 19.6 Å². The van der Waals surface area contributed by atoms with Gasteiger partial charge in [0.2, 0.25) is 0 Å². The van der Waals surface area contributed by atoms with Crippen LogP contribution in [0.2, 0.25) is 0 Å². The first kappa shape index (κ1) is 14.9. The van der Waals surface area contributed by atoms with Crippen LogP contribution in [0, 0.1) is 11.8 Å². The number of hydrogen-bond acceptors (Lipinski definition) is 2. The lowest BCUT2D eigenvalue weighted by Gasteiger charge is -2.22. The Hall–Kier alpha value is -0.540. The maximum atomic E-state index is 3.74. The van der Waals surface area contributed by atoms with Crippen molar-refractivity contribution in [3.05, 3.63) is 28.2 Å². The van der Waals surface area contributed by atoms with Crippen LogP contribution in [0.4, 0.5) is 5.69 Å². The summed E-state index contributed by atoms with van der Waals surface area (Å²) < 4.78 is 1.23. The van der Waals surface area contributed by atoms with E-state index < -0.39 is 0 Å². The van der Waals surface area contributed by atoms with Gasteiger partial charge in [-0.3, -0.25) is 0 Å².